The van der Waals surface area contributed by atoms with Crippen LogP contribution in [0.15, 0.2) is 24.7 Å². The van der Waals surface area contributed by atoms with Crippen molar-refractivity contribution in [1.82, 2.24) is 0 Å². The van der Waals surface area contributed by atoms with E-state index in [-0.39, 0.29) is 6.61 Å². The summed E-state index contributed by atoms with van der Waals surface area (Å²) in [5.41, 5.74) is 0. The summed E-state index contributed by atoms with van der Waals surface area (Å²) in [6, 6.07) is 0. The van der Waals surface area contributed by atoms with E-state index in [4.69, 9.17) is 9.62 Å². The highest BCUT2D eigenvalue weighted by atomic mass is 17.7. The van der Waals surface area contributed by atoms with Gasteiger partial charge in [0.1, 0.15) is 19.5 Å². The van der Waals surface area contributed by atoms with E-state index in [0.29, 0.717) is 6.61 Å². The Balaban J connectivity index is 3.06. The summed E-state index contributed by atoms with van der Waals surface area (Å²) in [7, 11) is 0. The first-order valence-corrected chi connectivity index (χ1v) is 13.4. The fourth-order valence-electron chi connectivity index (χ4n) is 3.61. The predicted molar refractivity (Wildman–Crippen MR) is 133 cm³/mol. The van der Waals surface area contributed by atoms with Gasteiger partial charge >= 0.3 is 0 Å². The lowest BCUT2D eigenvalue weighted by Gasteiger charge is -2.03. The summed E-state index contributed by atoms with van der Waals surface area (Å²) in [6.07, 6.45) is 33.0. The first-order chi connectivity index (χ1) is 15.9. The Kier molecular flexibility index (Phi) is 29.0. The van der Waals surface area contributed by atoms with Crippen molar-refractivity contribution in [3.63, 3.8) is 0 Å². The molecule has 0 saturated heterocycles. The van der Waals surface area contributed by atoms with E-state index in [1.165, 1.54) is 122 Å². The molecule has 0 N–H and O–H groups in total. The zero-order chi connectivity index (χ0) is 23.2. The van der Waals surface area contributed by atoms with Gasteiger partial charge in [-0.1, -0.05) is 122 Å². The monoisotopic (exact) mass is 456 g/mol. The molecular weight excluding hydrogens is 404 g/mol. The molecule has 0 rings (SSSR count). The van der Waals surface area contributed by atoms with Gasteiger partial charge in [0.05, 0.1) is 6.26 Å². The topological polar surface area (TPSA) is 46.2 Å². The smallest absolute Gasteiger partial charge is 0.129 e. The largest absolute Gasteiger partial charge is 0.499 e. The van der Waals surface area contributed by atoms with Gasteiger partial charge in [0.2, 0.25) is 0 Å². The fraction of sp³-hybridized carbons (Fsp3) is 0.852. The van der Waals surface area contributed by atoms with E-state index < -0.39 is 0 Å². The zero-order valence-corrected chi connectivity index (χ0v) is 21.2. The minimum Gasteiger partial charge on any atom is -0.499 e. The van der Waals surface area contributed by atoms with Gasteiger partial charge in [-0.3, -0.25) is 0 Å². The molecule has 0 aliphatic rings. The Bertz CT molecular complexity index is 384. The van der Waals surface area contributed by atoms with Gasteiger partial charge in [-0.2, -0.15) is 4.89 Å². The van der Waals surface area contributed by atoms with E-state index in [2.05, 4.69) is 21.9 Å². The van der Waals surface area contributed by atoms with Gasteiger partial charge in [0.15, 0.2) is 0 Å². The number of hydrogen-bond acceptors (Lipinski definition) is 5. The van der Waals surface area contributed by atoms with Crippen LogP contribution in [0.5, 0.6) is 0 Å². The summed E-state index contributed by atoms with van der Waals surface area (Å²) in [6.45, 7) is 4.82. The molecule has 0 radical (unpaired) electrons. The third-order valence-electron chi connectivity index (χ3n) is 5.51. The van der Waals surface area contributed by atoms with Crippen LogP contribution >= 0.6 is 0 Å². The van der Waals surface area contributed by atoms with Crippen LogP contribution in [0.4, 0.5) is 0 Å². The lowest BCUT2D eigenvalue weighted by molar-refractivity contribution is -0.621. The molecule has 0 aliphatic carbocycles. The molecule has 0 spiro atoms. The van der Waals surface area contributed by atoms with E-state index in [1.54, 1.807) is 12.3 Å². The maximum atomic E-state index is 5.04. The van der Waals surface area contributed by atoms with E-state index in [0.717, 1.165) is 6.42 Å². The minimum atomic E-state index is 0.261. The van der Waals surface area contributed by atoms with Gasteiger partial charge in [-0.05, 0) is 30.9 Å². The van der Waals surface area contributed by atoms with E-state index >= 15 is 0 Å². The second-order valence-corrected chi connectivity index (χ2v) is 8.57. The lowest BCUT2D eigenvalue weighted by atomic mass is 10.0. The van der Waals surface area contributed by atoms with Gasteiger partial charge in [-0.25, -0.2) is 0 Å². The van der Waals surface area contributed by atoms with Gasteiger partial charge < -0.3 is 9.62 Å². The van der Waals surface area contributed by atoms with E-state index in [1.807, 2.05) is 13.0 Å². The average molecular weight is 457 g/mol. The van der Waals surface area contributed by atoms with Crippen molar-refractivity contribution in [2.45, 2.75) is 136 Å². The Morgan fingerprint density at radius 3 is 1.53 bits per heavy atom. The third kappa shape index (κ3) is 29.0. The summed E-state index contributed by atoms with van der Waals surface area (Å²) in [5.74, 6) is 0. The van der Waals surface area contributed by atoms with Crippen LogP contribution < -0.4 is 0 Å². The second kappa shape index (κ2) is 30.0. The molecule has 190 valence electrons. The molecule has 0 heterocycles. The molecule has 0 aromatic carbocycles. The van der Waals surface area contributed by atoms with Crippen molar-refractivity contribution in [3.8, 4) is 0 Å². The summed E-state index contributed by atoms with van der Waals surface area (Å²) >= 11 is 0. The van der Waals surface area contributed by atoms with Crippen molar-refractivity contribution >= 4 is 0 Å². The van der Waals surface area contributed by atoms with Crippen LogP contribution in [0.1, 0.15) is 136 Å². The molecular formula is C27H52O5. The number of unbranched alkanes of at least 4 members (excludes halogenated alkanes) is 18. The first kappa shape index (κ1) is 31.0. The number of rotatable bonds is 27. The Morgan fingerprint density at radius 2 is 1.03 bits per heavy atom. The van der Waals surface area contributed by atoms with Crippen LogP contribution in [-0.4, -0.2) is 13.2 Å². The van der Waals surface area contributed by atoms with Crippen molar-refractivity contribution in [2.24, 2.45) is 0 Å². The SMILES string of the molecule is CC=COCCOOOOC=CCCCCCCCCCCCCCCCCCCCC. The van der Waals surface area contributed by atoms with Crippen LogP contribution in [0, 0.1) is 0 Å². The quantitative estimate of drug-likeness (QED) is 0.0533. The lowest BCUT2D eigenvalue weighted by Crippen LogP contribution is -2.02. The van der Waals surface area contributed by atoms with Crippen LogP contribution in [0.2, 0.25) is 0 Å². The average Bonchev–Trinajstić information content (AvgIpc) is 2.81. The zero-order valence-electron chi connectivity index (χ0n) is 21.2. The highest BCUT2D eigenvalue weighted by Gasteiger charge is 1.95. The Hall–Kier alpha value is -1.04. The van der Waals surface area contributed by atoms with Crippen molar-refractivity contribution in [3.05, 3.63) is 24.7 Å². The summed E-state index contributed by atoms with van der Waals surface area (Å²) < 4.78 is 5.04. The van der Waals surface area contributed by atoms with Crippen LogP contribution in [-0.2, 0) is 24.6 Å². The molecule has 32 heavy (non-hydrogen) atoms. The Labute approximate surface area is 198 Å². The number of ether oxygens (including phenoxy) is 1. The van der Waals surface area contributed by atoms with Crippen molar-refractivity contribution in [2.75, 3.05) is 13.2 Å². The molecule has 0 aromatic rings. The van der Waals surface area contributed by atoms with Crippen molar-refractivity contribution in [1.29, 1.82) is 0 Å². The molecule has 0 atom stereocenters. The maximum absolute atomic E-state index is 5.04. The molecule has 0 saturated carbocycles. The predicted octanol–water partition coefficient (Wildman–Crippen LogP) is 9.29. The summed E-state index contributed by atoms with van der Waals surface area (Å²) in [4.78, 5) is 9.40. The third-order valence-corrected chi connectivity index (χ3v) is 5.51. The van der Waals surface area contributed by atoms with Crippen LogP contribution in [0.25, 0.3) is 0 Å². The van der Waals surface area contributed by atoms with Gasteiger partial charge in [0.25, 0.3) is 0 Å². The Morgan fingerprint density at radius 1 is 0.531 bits per heavy atom. The standard InChI is InChI=1S/C27H52O5/c1-3-5-6-7-8-9-10-11-12-13-14-15-16-17-18-19-20-21-22-23-25-29-31-32-30-27-26-28-24-4-2/h4,23-25H,3,5-22,26-27H2,1-2H3. The van der Waals surface area contributed by atoms with Gasteiger partial charge in [0, 0.05) is 5.04 Å². The normalized spacial score (nSPS) is 11.7. The van der Waals surface area contributed by atoms with Gasteiger partial charge in [-0.15, -0.1) is 0 Å². The molecule has 0 aromatic heterocycles. The number of hydrogen-bond donors (Lipinski definition) is 0. The van der Waals surface area contributed by atoms with E-state index in [9.17, 15) is 0 Å². The summed E-state index contributed by atoms with van der Waals surface area (Å²) in [5, 5.41) is 8.78. The number of allylic oxidation sites excluding steroid dienone is 2. The second-order valence-electron chi connectivity index (χ2n) is 8.57. The molecule has 0 aliphatic heterocycles. The minimum absolute atomic E-state index is 0.261. The van der Waals surface area contributed by atoms with Crippen LogP contribution in [0.3, 0.4) is 0 Å². The first-order valence-electron chi connectivity index (χ1n) is 13.4. The highest BCUT2D eigenvalue weighted by Crippen LogP contribution is 2.14. The molecule has 5 nitrogen and oxygen atoms in total. The molecule has 0 fully saturated rings. The maximum Gasteiger partial charge on any atom is 0.129 e. The molecule has 0 unspecified atom stereocenters. The fourth-order valence-corrected chi connectivity index (χ4v) is 3.61. The highest BCUT2D eigenvalue weighted by molar-refractivity contribution is 4.71. The van der Waals surface area contributed by atoms with Crippen molar-refractivity contribution < 1.29 is 24.6 Å². The molecule has 0 amide bonds. The molecule has 5 heteroatoms. The molecule has 0 bridgehead atoms.